The van der Waals surface area contributed by atoms with Crippen LogP contribution in [0.25, 0.3) is 0 Å². The zero-order valence-electron chi connectivity index (χ0n) is 10.7. The number of hydrogen-bond acceptors (Lipinski definition) is 6. The predicted molar refractivity (Wildman–Crippen MR) is 78.4 cm³/mol. The number of tetrazole rings is 1. The van der Waals surface area contributed by atoms with Gasteiger partial charge >= 0.3 is 0 Å². The maximum Gasteiger partial charge on any atom is 0.231 e. The Hall–Kier alpha value is -1.85. The molecule has 20 heavy (non-hydrogen) atoms. The second kappa shape index (κ2) is 7.67. The van der Waals surface area contributed by atoms with Crippen LogP contribution in [-0.4, -0.2) is 38.4 Å². The number of aryl methyl sites for hydroxylation is 2. The molecule has 6 nitrogen and oxygen atoms in total. The van der Waals surface area contributed by atoms with Crippen molar-refractivity contribution >= 4 is 29.0 Å². The van der Waals surface area contributed by atoms with Crippen molar-refractivity contribution < 1.29 is 4.79 Å². The third-order valence-corrected chi connectivity index (χ3v) is 4.26. The van der Waals surface area contributed by atoms with Gasteiger partial charge < -0.3 is 5.32 Å². The molecule has 0 aromatic carbocycles. The van der Waals surface area contributed by atoms with Crippen LogP contribution in [0.1, 0.15) is 4.88 Å². The number of nitrogens with one attached hydrogen (secondary N) is 1. The maximum absolute atomic E-state index is 11.4. The SMILES string of the molecule is C#CCNC(=O)CSc1nnnn1CCc1cccs1. The van der Waals surface area contributed by atoms with Crippen LogP contribution in [0, 0.1) is 12.3 Å². The largest absolute Gasteiger partial charge is 0.344 e. The molecule has 2 heterocycles. The number of rotatable bonds is 7. The van der Waals surface area contributed by atoms with Crippen molar-refractivity contribution in [3.8, 4) is 12.3 Å². The van der Waals surface area contributed by atoms with E-state index in [1.807, 2.05) is 11.4 Å². The fourth-order valence-corrected chi connectivity index (χ4v) is 2.87. The van der Waals surface area contributed by atoms with Gasteiger partial charge in [-0.1, -0.05) is 23.7 Å². The van der Waals surface area contributed by atoms with Crippen LogP contribution in [0.4, 0.5) is 0 Å². The summed E-state index contributed by atoms with van der Waals surface area (Å²) in [5.41, 5.74) is 0. The molecule has 2 aromatic heterocycles. The molecule has 2 rings (SSSR count). The van der Waals surface area contributed by atoms with Crippen LogP contribution < -0.4 is 5.32 Å². The summed E-state index contributed by atoms with van der Waals surface area (Å²) in [5.74, 6) is 2.48. The first kappa shape index (κ1) is 14.6. The average molecular weight is 307 g/mol. The van der Waals surface area contributed by atoms with E-state index in [4.69, 9.17) is 6.42 Å². The van der Waals surface area contributed by atoms with Crippen LogP contribution in [0.5, 0.6) is 0 Å². The predicted octanol–water partition coefficient (Wildman–Crippen LogP) is 0.819. The highest BCUT2D eigenvalue weighted by molar-refractivity contribution is 7.99. The molecule has 0 saturated heterocycles. The van der Waals surface area contributed by atoms with Gasteiger partial charge in [-0.3, -0.25) is 4.79 Å². The Morgan fingerprint density at radius 3 is 3.25 bits per heavy atom. The lowest BCUT2D eigenvalue weighted by atomic mass is 10.3. The van der Waals surface area contributed by atoms with E-state index < -0.39 is 0 Å². The average Bonchev–Trinajstić information content (AvgIpc) is 3.11. The number of hydrogen-bond donors (Lipinski definition) is 1. The van der Waals surface area contributed by atoms with Gasteiger partial charge in [0.15, 0.2) is 0 Å². The first-order valence-electron chi connectivity index (χ1n) is 5.91. The van der Waals surface area contributed by atoms with Crippen molar-refractivity contribution in [3.05, 3.63) is 22.4 Å². The van der Waals surface area contributed by atoms with Gasteiger partial charge in [-0.15, -0.1) is 22.9 Å². The molecule has 0 saturated carbocycles. The number of thiophene rings is 1. The molecule has 0 radical (unpaired) electrons. The molecule has 0 bridgehead atoms. The monoisotopic (exact) mass is 307 g/mol. The van der Waals surface area contributed by atoms with Crippen LogP contribution in [-0.2, 0) is 17.8 Å². The second-order valence-electron chi connectivity index (χ2n) is 3.78. The topological polar surface area (TPSA) is 72.7 Å². The van der Waals surface area contributed by atoms with Gasteiger partial charge in [0, 0.05) is 11.3 Å². The summed E-state index contributed by atoms with van der Waals surface area (Å²) in [4.78, 5) is 12.7. The number of nitrogens with zero attached hydrogens (tertiary/aromatic N) is 4. The molecule has 1 amide bonds. The van der Waals surface area contributed by atoms with Crippen LogP contribution in [0.3, 0.4) is 0 Å². The van der Waals surface area contributed by atoms with Crippen molar-refractivity contribution in [2.75, 3.05) is 12.3 Å². The lowest BCUT2D eigenvalue weighted by Crippen LogP contribution is -2.25. The summed E-state index contributed by atoms with van der Waals surface area (Å²) in [6.45, 7) is 0.935. The Kier molecular flexibility index (Phi) is 5.58. The standard InChI is InChI=1S/C12H13N5OS2/c1-2-6-13-11(18)9-20-12-14-15-16-17(12)7-5-10-4-3-8-19-10/h1,3-4,8H,5-7,9H2,(H,13,18). The molecule has 0 unspecified atom stereocenters. The third-order valence-electron chi connectivity index (χ3n) is 2.37. The lowest BCUT2D eigenvalue weighted by Gasteiger charge is -2.03. The van der Waals surface area contributed by atoms with Gasteiger partial charge in [0.05, 0.1) is 18.8 Å². The molecular formula is C12H13N5OS2. The molecule has 0 aliphatic heterocycles. The van der Waals surface area contributed by atoms with Crippen molar-refractivity contribution in [1.82, 2.24) is 25.5 Å². The number of carbonyl (C=O) groups is 1. The molecule has 2 aromatic rings. The summed E-state index contributed by atoms with van der Waals surface area (Å²) in [5, 5.41) is 16.8. The van der Waals surface area contributed by atoms with Crippen molar-refractivity contribution in [1.29, 1.82) is 0 Å². The molecule has 8 heteroatoms. The van der Waals surface area contributed by atoms with E-state index in [-0.39, 0.29) is 18.2 Å². The molecule has 0 aliphatic rings. The minimum absolute atomic E-state index is 0.124. The fraction of sp³-hybridized carbons (Fsp3) is 0.333. The number of amides is 1. The van der Waals surface area contributed by atoms with E-state index in [2.05, 4.69) is 32.8 Å². The van der Waals surface area contributed by atoms with E-state index in [1.165, 1.54) is 16.6 Å². The second-order valence-corrected chi connectivity index (χ2v) is 5.76. The fourth-order valence-electron chi connectivity index (χ4n) is 1.44. The summed E-state index contributed by atoms with van der Waals surface area (Å²) >= 11 is 3.01. The van der Waals surface area contributed by atoms with E-state index >= 15 is 0 Å². The van der Waals surface area contributed by atoms with Gasteiger partial charge in [-0.25, -0.2) is 4.68 Å². The van der Waals surface area contributed by atoms with Crippen LogP contribution in [0.2, 0.25) is 0 Å². The Labute approximate surface area is 125 Å². The third kappa shape index (κ3) is 4.36. The molecule has 104 valence electrons. The minimum atomic E-state index is -0.124. The molecule has 0 atom stereocenters. The number of terminal acetylenes is 1. The Morgan fingerprint density at radius 2 is 2.50 bits per heavy atom. The van der Waals surface area contributed by atoms with Crippen LogP contribution >= 0.6 is 23.1 Å². The van der Waals surface area contributed by atoms with Crippen LogP contribution in [0.15, 0.2) is 22.7 Å². The normalized spacial score (nSPS) is 10.2. The molecular weight excluding hydrogens is 294 g/mol. The van der Waals surface area contributed by atoms with Crippen molar-refractivity contribution in [2.24, 2.45) is 0 Å². The number of thioether (sulfide) groups is 1. The van der Waals surface area contributed by atoms with E-state index in [9.17, 15) is 4.79 Å². The smallest absolute Gasteiger partial charge is 0.231 e. The van der Waals surface area contributed by atoms with Crippen molar-refractivity contribution in [2.45, 2.75) is 18.1 Å². The molecule has 0 spiro atoms. The minimum Gasteiger partial charge on any atom is -0.344 e. The summed E-state index contributed by atoms with van der Waals surface area (Å²) in [6, 6.07) is 4.10. The summed E-state index contributed by atoms with van der Waals surface area (Å²) < 4.78 is 1.71. The molecule has 0 fully saturated rings. The Morgan fingerprint density at radius 1 is 1.60 bits per heavy atom. The maximum atomic E-state index is 11.4. The van der Waals surface area contributed by atoms with Crippen molar-refractivity contribution in [3.63, 3.8) is 0 Å². The number of carbonyl (C=O) groups excluding carboxylic acids is 1. The zero-order chi connectivity index (χ0) is 14.2. The highest BCUT2D eigenvalue weighted by Crippen LogP contribution is 2.15. The first-order chi connectivity index (χ1) is 9.79. The molecule has 1 N–H and O–H groups in total. The van der Waals surface area contributed by atoms with E-state index in [1.54, 1.807) is 16.0 Å². The van der Waals surface area contributed by atoms with E-state index in [0.29, 0.717) is 11.7 Å². The van der Waals surface area contributed by atoms with Gasteiger partial charge in [-0.2, -0.15) is 0 Å². The highest BCUT2D eigenvalue weighted by Gasteiger charge is 2.09. The lowest BCUT2D eigenvalue weighted by molar-refractivity contribution is -0.118. The van der Waals surface area contributed by atoms with Gasteiger partial charge in [0.25, 0.3) is 0 Å². The summed E-state index contributed by atoms with van der Waals surface area (Å²) in [6.07, 6.45) is 5.95. The number of aromatic nitrogens is 4. The van der Waals surface area contributed by atoms with E-state index in [0.717, 1.165) is 6.42 Å². The first-order valence-corrected chi connectivity index (χ1v) is 7.77. The Balaban J connectivity index is 1.82. The van der Waals surface area contributed by atoms with Gasteiger partial charge in [-0.05, 0) is 21.9 Å². The summed E-state index contributed by atoms with van der Waals surface area (Å²) in [7, 11) is 0. The highest BCUT2D eigenvalue weighted by atomic mass is 32.2. The molecule has 0 aliphatic carbocycles. The Bertz CT molecular complexity index is 587. The zero-order valence-corrected chi connectivity index (χ0v) is 12.3. The quantitative estimate of drug-likeness (QED) is 0.605. The van der Waals surface area contributed by atoms with Gasteiger partial charge in [0.1, 0.15) is 0 Å². The van der Waals surface area contributed by atoms with Gasteiger partial charge in [0.2, 0.25) is 11.1 Å².